The van der Waals surface area contributed by atoms with E-state index in [4.69, 9.17) is 16.0 Å². The van der Waals surface area contributed by atoms with Crippen LogP contribution in [-0.2, 0) is 16.4 Å². The second kappa shape index (κ2) is 6.43. The minimum atomic E-state index is -1.80. The van der Waals surface area contributed by atoms with Gasteiger partial charge in [-0.25, -0.2) is 4.98 Å². The molecule has 0 saturated carbocycles. The van der Waals surface area contributed by atoms with Crippen molar-refractivity contribution < 1.29 is 4.43 Å². The summed E-state index contributed by atoms with van der Waals surface area (Å²) in [5.41, 5.74) is 1.91. The molecule has 6 heteroatoms. The Labute approximate surface area is 151 Å². The minimum absolute atomic E-state index is 0.196. The van der Waals surface area contributed by atoms with Crippen LogP contribution in [0.2, 0.25) is 23.4 Å². The number of fused-ring (bicyclic) bond motifs is 1. The van der Waals surface area contributed by atoms with E-state index >= 15 is 0 Å². The number of hydrogen-bond acceptors (Lipinski definition) is 3. The molecule has 0 aliphatic carbocycles. The molecule has 0 fully saturated rings. The van der Waals surface area contributed by atoms with E-state index in [0.717, 1.165) is 17.5 Å². The molecule has 0 saturated heterocycles. The van der Waals surface area contributed by atoms with Crippen LogP contribution in [0.15, 0.2) is 12.4 Å². The van der Waals surface area contributed by atoms with Gasteiger partial charge in [0.25, 0.3) is 0 Å². The average molecular weight is 368 g/mol. The van der Waals surface area contributed by atoms with Crippen molar-refractivity contribution in [2.24, 2.45) is 0 Å². The lowest BCUT2D eigenvalue weighted by atomic mass is 10.1. The first-order valence-corrected chi connectivity index (χ1v) is 11.8. The summed E-state index contributed by atoms with van der Waals surface area (Å²) in [7, 11) is -1.80. The van der Waals surface area contributed by atoms with Gasteiger partial charge in [-0.2, -0.15) is 4.98 Å². The molecule has 0 aromatic carbocycles. The van der Waals surface area contributed by atoms with Gasteiger partial charge in [0, 0.05) is 17.8 Å². The summed E-state index contributed by atoms with van der Waals surface area (Å²) in [6.45, 7) is 18.5. The third-order valence-electron chi connectivity index (χ3n) is 5.22. The van der Waals surface area contributed by atoms with Gasteiger partial charge >= 0.3 is 0 Å². The fourth-order valence-corrected chi connectivity index (χ4v) is 3.71. The Morgan fingerprint density at radius 3 is 2.38 bits per heavy atom. The van der Waals surface area contributed by atoms with E-state index in [2.05, 4.69) is 75.4 Å². The molecule has 2 rings (SSSR count). The maximum absolute atomic E-state index is 6.48. The largest absolute Gasteiger partial charge is 0.414 e. The monoisotopic (exact) mass is 367 g/mol. The van der Waals surface area contributed by atoms with Crippen LogP contribution in [0.1, 0.15) is 47.1 Å². The number of hydrogen-bond donors (Lipinski definition) is 0. The summed E-state index contributed by atoms with van der Waals surface area (Å²) in [6.07, 6.45) is 4.93. The Bertz CT molecular complexity index is 732. The highest BCUT2D eigenvalue weighted by Crippen LogP contribution is 2.38. The second-order valence-corrected chi connectivity index (χ2v) is 13.8. The molecule has 2 aromatic heterocycles. The van der Waals surface area contributed by atoms with Gasteiger partial charge in [0.05, 0.1) is 12.1 Å². The van der Waals surface area contributed by atoms with Crippen molar-refractivity contribution in [3.63, 3.8) is 0 Å². The summed E-state index contributed by atoms with van der Waals surface area (Å²) in [6, 6.07) is 0. The molecule has 4 nitrogen and oxygen atoms in total. The van der Waals surface area contributed by atoms with Gasteiger partial charge in [0.1, 0.15) is 5.65 Å². The van der Waals surface area contributed by atoms with Crippen molar-refractivity contribution in [1.82, 2.24) is 14.5 Å². The molecular formula is C18H30ClN3OSi. The summed E-state index contributed by atoms with van der Waals surface area (Å²) in [5, 5.41) is 1.55. The zero-order valence-corrected chi connectivity index (χ0v) is 18.0. The Morgan fingerprint density at radius 1 is 1.21 bits per heavy atom. The lowest BCUT2D eigenvalue weighted by molar-refractivity contribution is 0.172. The summed E-state index contributed by atoms with van der Waals surface area (Å²) >= 11 is 6.04. The van der Waals surface area contributed by atoms with Gasteiger partial charge in [0.15, 0.2) is 8.32 Å². The Balaban J connectivity index is 2.39. The van der Waals surface area contributed by atoms with Crippen LogP contribution in [0.25, 0.3) is 11.0 Å². The third-order valence-corrected chi connectivity index (χ3v) is 9.88. The van der Waals surface area contributed by atoms with E-state index in [1.54, 1.807) is 0 Å². The van der Waals surface area contributed by atoms with E-state index in [0.29, 0.717) is 6.61 Å². The van der Waals surface area contributed by atoms with Crippen LogP contribution in [0, 0.1) is 0 Å². The number of halogens is 1. The fraction of sp³-hybridized carbons (Fsp3) is 0.667. The first-order chi connectivity index (χ1) is 10.9. The molecule has 0 bridgehead atoms. The number of aryl methyl sites for hydroxylation is 1. The maximum Gasteiger partial charge on any atom is 0.224 e. The smallest absolute Gasteiger partial charge is 0.224 e. The van der Waals surface area contributed by atoms with Gasteiger partial charge in [-0.1, -0.05) is 27.7 Å². The Hall–Kier alpha value is -0.913. The lowest BCUT2D eigenvalue weighted by Gasteiger charge is -2.39. The second-order valence-electron chi connectivity index (χ2n) is 8.62. The summed E-state index contributed by atoms with van der Waals surface area (Å²) in [5.74, 6) is 0. The number of rotatable bonds is 5. The molecule has 0 N–H and O–H groups in total. The minimum Gasteiger partial charge on any atom is -0.414 e. The van der Waals surface area contributed by atoms with Crippen LogP contribution >= 0.6 is 11.6 Å². The summed E-state index contributed by atoms with van der Waals surface area (Å²) in [4.78, 5) is 8.62. The van der Waals surface area contributed by atoms with Crippen molar-refractivity contribution in [2.45, 2.75) is 71.6 Å². The first kappa shape index (κ1) is 19.4. The Morgan fingerprint density at radius 2 is 1.83 bits per heavy atom. The van der Waals surface area contributed by atoms with Crippen LogP contribution < -0.4 is 0 Å². The lowest BCUT2D eigenvalue weighted by Crippen LogP contribution is -2.45. The number of nitrogens with zero attached hydrogens (tertiary/aromatic N) is 3. The first-order valence-electron chi connectivity index (χ1n) is 8.56. The van der Waals surface area contributed by atoms with Crippen molar-refractivity contribution >= 4 is 31.0 Å². The molecule has 0 atom stereocenters. The van der Waals surface area contributed by atoms with Gasteiger partial charge in [-0.3, -0.25) is 0 Å². The molecule has 2 heterocycles. The van der Waals surface area contributed by atoms with Crippen LogP contribution in [0.5, 0.6) is 0 Å². The molecule has 134 valence electrons. The topological polar surface area (TPSA) is 39.9 Å². The zero-order chi connectivity index (χ0) is 18.3. The Kier molecular flexibility index (Phi) is 5.20. The van der Waals surface area contributed by atoms with E-state index in [1.807, 2.05) is 6.20 Å². The highest BCUT2D eigenvalue weighted by Gasteiger charge is 2.39. The average Bonchev–Trinajstić information content (AvgIpc) is 2.82. The van der Waals surface area contributed by atoms with Crippen molar-refractivity contribution in [3.05, 3.63) is 23.2 Å². The van der Waals surface area contributed by atoms with Gasteiger partial charge < -0.3 is 8.99 Å². The summed E-state index contributed by atoms with van der Waals surface area (Å²) < 4.78 is 8.67. The van der Waals surface area contributed by atoms with E-state index in [-0.39, 0.29) is 15.9 Å². The molecule has 2 aromatic rings. The van der Waals surface area contributed by atoms with Crippen LogP contribution in [0.4, 0.5) is 0 Å². The standard InChI is InChI=1S/C18H30ClN3OSi/c1-9-13-11-22(15-14(13)10-20-16(19)21-15)18(5,6)12-23-24(7,8)17(2,3)4/h10-11H,9,12H2,1-8H3. The zero-order valence-electron chi connectivity index (χ0n) is 16.2. The fourth-order valence-electron chi connectivity index (χ4n) is 2.43. The molecule has 0 radical (unpaired) electrons. The van der Waals surface area contributed by atoms with E-state index < -0.39 is 8.32 Å². The maximum atomic E-state index is 6.48. The quantitative estimate of drug-likeness (QED) is 0.524. The SMILES string of the molecule is CCc1cn(C(C)(C)CO[Si](C)(C)C(C)(C)C)c2nc(Cl)ncc12. The molecule has 24 heavy (non-hydrogen) atoms. The van der Waals surface area contributed by atoms with Gasteiger partial charge in [-0.15, -0.1) is 0 Å². The van der Waals surface area contributed by atoms with Crippen molar-refractivity contribution in [3.8, 4) is 0 Å². The highest BCUT2D eigenvalue weighted by molar-refractivity contribution is 6.74. The highest BCUT2D eigenvalue weighted by atomic mass is 35.5. The van der Waals surface area contributed by atoms with E-state index in [9.17, 15) is 0 Å². The molecule has 0 unspecified atom stereocenters. The molecule has 0 aliphatic rings. The molecule has 0 spiro atoms. The molecular weight excluding hydrogens is 338 g/mol. The molecule has 0 aliphatic heterocycles. The van der Waals surface area contributed by atoms with Crippen molar-refractivity contribution in [1.29, 1.82) is 0 Å². The van der Waals surface area contributed by atoms with Gasteiger partial charge in [0.2, 0.25) is 5.28 Å². The number of aromatic nitrogens is 3. The molecule has 0 amide bonds. The van der Waals surface area contributed by atoms with Crippen LogP contribution in [-0.4, -0.2) is 29.5 Å². The van der Waals surface area contributed by atoms with Crippen molar-refractivity contribution in [2.75, 3.05) is 6.61 Å². The van der Waals surface area contributed by atoms with Gasteiger partial charge in [-0.05, 0) is 55.6 Å². The van der Waals surface area contributed by atoms with Crippen LogP contribution in [0.3, 0.4) is 0 Å². The predicted molar refractivity (Wildman–Crippen MR) is 104 cm³/mol. The third kappa shape index (κ3) is 3.68. The van der Waals surface area contributed by atoms with E-state index in [1.165, 1.54) is 5.56 Å². The normalized spacial score (nSPS) is 13.7. The predicted octanol–water partition coefficient (Wildman–Crippen LogP) is 5.40.